The van der Waals surface area contributed by atoms with Gasteiger partial charge in [-0.2, -0.15) is 8.78 Å². The van der Waals surface area contributed by atoms with Crippen LogP contribution in [0.3, 0.4) is 0 Å². The molecule has 162 valence electrons. The fraction of sp³-hybridized carbons (Fsp3) is 0.429. The molecule has 0 saturated carbocycles. The lowest BCUT2D eigenvalue weighted by molar-refractivity contribution is -0.118. The van der Waals surface area contributed by atoms with Crippen molar-refractivity contribution in [2.75, 3.05) is 13.1 Å². The number of hydrogen-bond donors (Lipinski definition) is 2. The Morgan fingerprint density at radius 1 is 1.23 bits per heavy atom. The van der Waals surface area contributed by atoms with Crippen molar-refractivity contribution in [1.82, 2.24) is 4.90 Å². The summed E-state index contributed by atoms with van der Waals surface area (Å²) < 4.78 is 35.4. The predicted octanol–water partition coefficient (Wildman–Crippen LogP) is 2.94. The number of nitrogens with two attached hydrogens (primary N) is 1. The van der Waals surface area contributed by atoms with Gasteiger partial charge in [-0.1, -0.05) is 18.6 Å². The second kappa shape index (κ2) is 9.71. The molecule has 3 N–H and O–H groups in total. The Hall–Kier alpha value is -2.94. The van der Waals surface area contributed by atoms with Crippen molar-refractivity contribution in [1.29, 1.82) is 0 Å². The summed E-state index contributed by atoms with van der Waals surface area (Å²) in [5, 5.41) is 10.4. The van der Waals surface area contributed by atoms with E-state index in [1.807, 2.05) is 0 Å². The third kappa shape index (κ3) is 5.56. The number of primary amides is 1. The van der Waals surface area contributed by atoms with Crippen LogP contribution in [0.5, 0.6) is 11.5 Å². The molecule has 9 heteroatoms. The van der Waals surface area contributed by atoms with Crippen LogP contribution >= 0.6 is 0 Å². The van der Waals surface area contributed by atoms with E-state index in [4.69, 9.17) is 10.2 Å². The Balaban J connectivity index is 1.99. The van der Waals surface area contributed by atoms with Gasteiger partial charge in [-0.3, -0.25) is 14.5 Å². The maximum Gasteiger partial charge on any atom is 0.387 e. The molecule has 30 heavy (non-hydrogen) atoms. The zero-order valence-corrected chi connectivity index (χ0v) is 16.4. The van der Waals surface area contributed by atoms with Crippen molar-refractivity contribution in [2.24, 2.45) is 5.73 Å². The van der Waals surface area contributed by atoms with Crippen molar-refractivity contribution in [3.63, 3.8) is 0 Å². The Morgan fingerprint density at radius 2 is 1.97 bits per heavy atom. The van der Waals surface area contributed by atoms with E-state index in [1.54, 1.807) is 6.07 Å². The maximum atomic E-state index is 12.6. The zero-order chi connectivity index (χ0) is 21.7. The van der Waals surface area contributed by atoms with E-state index in [1.165, 1.54) is 24.3 Å². The van der Waals surface area contributed by atoms with Crippen LogP contribution in [0, 0.1) is 0 Å². The number of nitrogens with zero attached hydrogens (tertiary/aromatic N) is 1. The molecule has 0 bridgehead atoms. The second-order valence-electron chi connectivity index (χ2n) is 7.30. The minimum absolute atomic E-state index is 0.122. The smallest absolute Gasteiger partial charge is 0.387 e. The minimum Gasteiger partial charge on any atom is -0.502 e. The predicted molar refractivity (Wildman–Crippen MR) is 104 cm³/mol. The Bertz CT molecular complexity index is 941. The highest BCUT2D eigenvalue weighted by Gasteiger charge is 2.26. The first-order valence-corrected chi connectivity index (χ1v) is 9.75. The number of ether oxygens (including phenoxy) is 1. The van der Waals surface area contributed by atoms with Crippen LogP contribution in [0.15, 0.2) is 39.5 Å². The molecule has 1 aromatic carbocycles. The van der Waals surface area contributed by atoms with Gasteiger partial charge in [-0.05, 0) is 43.6 Å². The number of likely N-dealkylation sites (tertiary alicyclic amines) is 1. The number of halogens is 2. The van der Waals surface area contributed by atoms with Crippen LogP contribution in [0.25, 0.3) is 0 Å². The molecule has 1 aliphatic heterocycles. The highest BCUT2D eigenvalue weighted by Crippen LogP contribution is 2.34. The monoisotopic (exact) mass is 422 g/mol. The summed E-state index contributed by atoms with van der Waals surface area (Å²) in [5.41, 5.74) is 5.07. The largest absolute Gasteiger partial charge is 0.502 e. The van der Waals surface area contributed by atoms with E-state index >= 15 is 0 Å². The standard InChI is InChI=1S/C21H24F2N2O5/c22-21(23)30-14-6-4-5-13(9-14)16(11-18(24)27)20-19(28)17(26)10-15(29-20)12-25-7-2-1-3-8-25/h4-6,9-10,16,21,28H,1-3,7-8,11-12H2,(H2,24,27). The molecule has 1 atom stereocenters. The molecule has 1 unspecified atom stereocenters. The molecule has 0 radical (unpaired) electrons. The first-order chi connectivity index (χ1) is 14.3. The third-order valence-corrected chi connectivity index (χ3v) is 5.04. The van der Waals surface area contributed by atoms with Gasteiger partial charge in [-0.25, -0.2) is 0 Å². The van der Waals surface area contributed by atoms with Crippen LogP contribution in [0.2, 0.25) is 0 Å². The molecule has 2 heterocycles. The fourth-order valence-corrected chi connectivity index (χ4v) is 3.68. The lowest BCUT2D eigenvalue weighted by Crippen LogP contribution is -2.29. The summed E-state index contributed by atoms with van der Waals surface area (Å²) in [6.45, 7) is -0.885. The summed E-state index contributed by atoms with van der Waals surface area (Å²) in [6, 6.07) is 6.89. The highest BCUT2D eigenvalue weighted by atomic mass is 19.3. The van der Waals surface area contributed by atoms with Gasteiger partial charge >= 0.3 is 6.61 Å². The van der Waals surface area contributed by atoms with E-state index in [-0.39, 0.29) is 17.9 Å². The van der Waals surface area contributed by atoms with Crippen molar-refractivity contribution in [3.8, 4) is 11.5 Å². The van der Waals surface area contributed by atoms with Crippen molar-refractivity contribution in [3.05, 3.63) is 57.6 Å². The third-order valence-electron chi connectivity index (χ3n) is 5.04. The maximum absolute atomic E-state index is 12.6. The SMILES string of the molecule is NC(=O)CC(c1cccc(OC(F)F)c1)c1oc(CN2CCCCC2)cc(=O)c1O. The second-order valence-corrected chi connectivity index (χ2v) is 7.30. The summed E-state index contributed by atoms with van der Waals surface area (Å²) in [4.78, 5) is 26.2. The van der Waals surface area contributed by atoms with Gasteiger partial charge in [0.05, 0.1) is 12.5 Å². The van der Waals surface area contributed by atoms with Gasteiger partial charge in [0.25, 0.3) is 0 Å². The number of benzene rings is 1. The number of alkyl halides is 2. The number of aromatic hydroxyl groups is 1. The molecule has 7 nitrogen and oxygen atoms in total. The first kappa shape index (κ1) is 21.8. The van der Waals surface area contributed by atoms with Gasteiger partial charge in [0.15, 0.2) is 5.76 Å². The fourth-order valence-electron chi connectivity index (χ4n) is 3.68. The molecule has 2 aromatic rings. The van der Waals surface area contributed by atoms with E-state index < -0.39 is 29.6 Å². The average molecular weight is 422 g/mol. The van der Waals surface area contributed by atoms with E-state index in [0.29, 0.717) is 17.9 Å². The number of carbonyl (C=O) groups excluding carboxylic acids is 1. The Kier molecular flexibility index (Phi) is 7.04. The van der Waals surface area contributed by atoms with Crippen LogP contribution in [-0.2, 0) is 11.3 Å². The molecular formula is C21H24F2N2O5. The molecule has 3 rings (SSSR count). The Labute approximate surface area is 172 Å². The molecule has 1 aliphatic rings. The van der Waals surface area contributed by atoms with Crippen molar-refractivity contribution >= 4 is 5.91 Å². The van der Waals surface area contributed by atoms with Crippen LogP contribution in [0.1, 0.15) is 48.7 Å². The van der Waals surface area contributed by atoms with Crippen molar-refractivity contribution < 1.29 is 27.8 Å². The van der Waals surface area contributed by atoms with E-state index in [9.17, 15) is 23.5 Å². The average Bonchev–Trinajstić information content (AvgIpc) is 2.69. The summed E-state index contributed by atoms with van der Waals surface area (Å²) >= 11 is 0. The topological polar surface area (TPSA) is 106 Å². The molecule has 1 fully saturated rings. The minimum atomic E-state index is -3.02. The number of amides is 1. The molecule has 1 saturated heterocycles. The van der Waals surface area contributed by atoms with E-state index in [2.05, 4.69) is 9.64 Å². The molecule has 1 aromatic heterocycles. The van der Waals surface area contributed by atoms with Gasteiger partial charge < -0.3 is 20.0 Å². The van der Waals surface area contributed by atoms with Crippen LogP contribution < -0.4 is 15.9 Å². The van der Waals surface area contributed by atoms with Gasteiger partial charge in [-0.15, -0.1) is 0 Å². The number of rotatable bonds is 8. The zero-order valence-electron chi connectivity index (χ0n) is 16.4. The van der Waals surface area contributed by atoms with Crippen molar-refractivity contribution in [2.45, 2.75) is 44.8 Å². The lowest BCUT2D eigenvalue weighted by Gasteiger charge is -2.26. The summed E-state index contributed by atoms with van der Waals surface area (Å²) in [5.74, 6) is -2.17. The number of hydrogen-bond acceptors (Lipinski definition) is 6. The van der Waals surface area contributed by atoms with E-state index in [0.717, 1.165) is 32.4 Å². The highest BCUT2D eigenvalue weighted by molar-refractivity contribution is 5.75. The molecule has 0 aliphatic carbocycles. The van der Waals surface area contributed by atoms with Crippen LogP contribution in [-0.4, -0.2) is 35.6 Å². The lowest BCUT2D eigenvalue weighted by atomic mass is 9.91. The normalized spacial score (nSPS) is 15.8. The number of piperidine rings is 1. The number of carbonyl (C=O) groups is 1. The summed E-state index contributed by atoms with van der Waals surface area (Å²) in [7, 11) is 0. The summed E-state index contributed by atoms with van der Waals surface area (Å²) in [6.07, 6.45) is 2.97. The Morgan fingerprint density at radius 3 is 2.63 bits per heavy atom. The van der Waals surface area contributed by atoms with Gasteiger partial charge in [0, 0.05) is 12.5 Å². The molecule has 0 spiro atoms. The first-order valence-electron chi connectivity index (χ1n) is 9.75. The van der Waals surface area contributed by atoms with Gasteiger partial charge in [0.2, 0.25) is 17.1 Å². The molecule has 1 amide bonds. The molecular weight excluding hydrogens is 398 g/mol. The quantitative estimate of drug-likeness (QED) is 0.678. The van der Waals surface area contributed by atoms with Crippen LogP contribution in [0.4, 0.5) is 8.78 Å². The van der Waals surface area contributed by atoms with Gasteiger partial charge in [0.1, 0.15) is 11.5 Å².